The molecule has 0 aromatic heterocycles. The van der Waals surface area contributed by atoms with Crippen molar-refractivity contribution in [2.75, 3.05) is 43.6 Å². The lowest BCUT2D eigenvalue weighted by Crippen LogP contribution is -2.42. The van der Waals surface area contributed by atoms with E-state index < -0.39 is 5.41 Å². The van der Waals surface area contributed by atoms with Crippen molar-refractivity contribution in [1.29, 1.82) is 0 Å². The number of nitrogens with zero attached hydrogens (tertiary/aromatic N) is 1. The molecule has 0 atom stereocenters. The first-order valence-electron chi connectivity index (χ1n) is 8.12. The van der Waals surface area contributed by atoms with E-state index >= 15 is 0 Å². The van der Waals surface area contributed by atoms with Crippen molar-refractivity contribution in [3.05, 3.63) is 30.9 Å². The minimum atomic E-state index is -0.646. The number of methoxy groups -OCH3 is 1. The Labute approximate surface area is 148 Å². The zero-order valence-electron chi connectivity index (χ0n) is 14.9. The first-order chi connectivity index (χ1) is 11.9. The van der Waals surface area contributed by atoms with E-state index in [1.54, 1.807) is 36.3 Å². The van der Waals surface area contributed by atoms with Crippen LogP contribution in [-0.2, 0) is 9.53 Å². The Hall–Kier alpha value is -2.54. The lowest BCUT2D eigenvalue weighted by Gasteiger charge is -2.27. The van der Waals surface area contributed by atoms with Crippen molar-refractivity contribution in [3.8, 4) is 5.75 Å². The number of nitrogens with one attached hydrogen (secondary N) is 2. The Morgan fingerprint density at radius 3 is 2.92 bits per heavy atom. The molecule has 1 aliphatic heterocycles. The van der Waals surface area contributed by atoms with Gasteiger partial charge in [0.05, 0.1) is 17.7 Å². The topological polar surface area (TPSA) is 79.9 Å². The Kier molecular flexibility index (Phi) is 6.03. The van der Waals surface area contributed by atoms with Gasteiger partial charge in [-0.2, -0.15) is 0 Å². The molecule has 0 spiro atoms. The maximum atomic E-state index is 12.8. The second-order valence-electron chi connectivity index (χ2n) is 6.43. The van der Waals surface area contributed by atoms with Gasteiger partial charge in [0.25, 0.3) is 0 Å². The summed E-state index contributed by atoms with van der Waals surface area (Å²) in [7, 11) is 1.57. The predicted octanol–water partition coefficient (Wildman–Crippen LogP) is 2.39. The number of urea groups is 1. The van der Waals surface area contributed by atoms with Crippen LogP contribution in [0.25, 0.3) is 0 Å². The Morgan fingerprint density at radius 2 is 2.24 bits per heavy atom. The van der Waals surface area contributed by atoms with Gasteiger partial charge in [-0.15, -0.1) is 6.58 Å². The fourth-order valence-electron chi connectivity index (χ4n) is 2.48. The van der Waals surface area contributed by atoms with Gasteiger partial charge in [0, 0.05) is 25.9 Å². The molecule has 0 fully saturated rings. The van der Waals surface area contributed by atoms with Crippen molar-refractivity contribution in [2.45, 2.75) is 13.8 Å². The summed E-state index contributed by atoms with van der Waals surface area (Å²) in [6, 6.07) is 4.89. The van der Waals surface area contributed by atoms with Gasteiger partial charge < -0.3 is 25.0 Å². The number of carbonyl (C=O) groups is 2. The number of anilines is 2. The van der Waals surface area contributed by atoms with Gasteiger partial charge in [-0.1, -0.05) is 6.08 Å². The van der Waals surface area contributed by atoms with E-state index in [0.29, 0.717) is 36.8 Å². The van der Waals surface area contributed by atoms with Crippen LogP contribution >= 0.6 is 0 Å². The van der Waals surface area contributed by atoms with Gasteiger partial charge in [-0.3, -0.25) is 4.79 Å². The molecule has 3 amide bonds. The molecule has 136 valence electrons. The number of rotatable bonds is 6. The van der Waals surface area contributed by atoms with Gasteiger partial charge in [0.15, 0.2) is 0 Å². The predicted molar refractivity (Wildman–Crippen MR) is 97.2 cm³/mol. The number of amides is 3. The quantitative estimate of drug-likeness (QED) is 0.612. The fourth-order valence-corrected chi connectivity index (χ4v) is 2.48. The number of hydrogen-bond donors (Lipinski definition) is 2. The van der Waals surface area contributed by atoms with Gasteiger partial charge in [0.1, 0.15) is 12.4 Å². The molecule has 1 heterocycles. The van der Waals surface area contributed by atoms with Crippen LogP contribution in [0.3, 0.4) is 0 Å². The highest BCUT2D eigenvalue weighted by molar-refractivity contribution is 6.00. The first kappa shape index (κ1) is 18.8. The van der Waals surface area contributed by atoms with Crippen molar-refractivity contribution in [1.82, 2.24) is 5.32 Å². The van der Waals surface area contributed by atoms with E-state index in [1.807, 2.05) is 13.8 Å². The molecule has 2 N–H and O–H groups in total. The molecular weight excluding hydrogens is 322 g/mol. The zero-order chi connectivity index (χ0) is 18.4. The summed E-state index contributed by atoms with van der Waals surface area (Å²) in [5.41, 5.74) is 0.539. The third kappa shape index (κ3) is 4.51. The molecule has 1 aromatic rings. The summed E-state index contributed by atoms with van der Waals surface area (Å²) < 4.78 is 10.7. The Bertz CT molecular complexity index is 658. The number of fused-ring (bicyclic) bond motifs is 1. The lowest BCUT2D eigenvalue weighted by molar-refractivity contribution is -0.127. The number of carbonyl (C=O) groups excluding carboxylic acids is 2. The van der Waals surface area contributed by atoms with Crippen LogP contribution in [0.1, 0.15) is 13.8 Å². The highest BCUT2D eigenvalue weighted by Crippen LogP contribution is 2.38. The first-order valence-corrected chi connectivity index (χ1v) is 8.12. The Morgan fingerprint density at radius 1 is 1.48 bits per heavy atom. The molecule has 0 aliphatic carbocycles. The molecular formula is C18H25N3O4. The van der Waals surface area contributed by atoms with E-state index in [2.05, 4.69) is 17.2 Å². The number of ether oxygens (including phenoxy) is 2. The van der Waals surface area contributed by atoms with Gasteiger partial charge >= 0.3 is 6.03 Å². The fraction of sp³-hybridized carbons (Fsp3) is 0.444. The van der Waals surface area contributed by atoms with Gasteiger partial charge in [0.2, 0.25) is 5.91 Å². The summed E-state index contributed by atoms with van der Waals surface area (Å²) in [4.78, 5) is 26.3. The summed E-state index contributed by atoms with van der Waals surface area (Å²) in [6.45, 7) is 8.91. The largest absolute Gasteiger partial charge is 0.490 e. The second-order valence-corrected chi connectivity index (χ2v) is 6.43. The molecule has 7 heteroatoms. The standard InChI is InChI=1S/C18H25N3O4/c1-5-9-21-14-11-13(20-17(23)19-8-10-24-4)6-7-15(14)25-12-18(2,3)16(21)22/h5-7,11H,1,8-10,12H2,2-4H3,(H2,19,20,23). The smallest absolute Gasteiger partial charge is 0.319 e. The Balaban J connectivity index is 2.24. The van der Waals surface area contributed by atoms with Crippen LogP contribution in [-0.4, -0.2) is 45.4 Å². The van der Waals surface area contributed by atoms with E-state index in [0.717, 1.165) is 0 Å². The van der Waals surface area contributed by atoms with Crippen molar-refractivity contribution >= 4 is 23.3 Å². The van der Waals surface area contributed by atoms with E-state index in [4.69, 9.17) is 9.47 Å². The maximum Gasteiger partial charge on any atom is 0.319 e. The van der Waals surface area contributed by atoms with Crippen LogP contribution < -0.4 is 20.3 Å². The van der Waals surface area contributed by atoms with Crippen LogP contribution in [0.2, 0.25) is 0 Å². The molecule has 0 unspecified atom stereocenters. The van der Waals surface area contributed by atoms with E-state index in [1.165, 1.54) is 0 Å². The molecule has 7 nitrogen and oxygen atoms in total. The number of hydrogen-bond acceptors (Lipinski definition) is 4. The van der Waals surface area contributed by atoms with Crippen LogP contribution in [0.4, 0.5) is 16.2 Å². The third-order valence-corrected chi connectivity index (χ3v) is 3.82. The maximum absolute atomic E-state index is 12.8. The summed E-state index contributed by atoms with van der Waals surface area (Å²) >= 11 is 0. The molecule has 0 radical (unpaired) electrons. The van der Waals surface area contributed by atoms with E-state index in [9.17, 15) is 9.59 Å². The number of benzene rings is 1. The van der Waals surface area contributed by atoms with Crippen molar-refractivity contribution < 1.29 is 19.1 Å². The molecule has 1 aliphatic rings. The summed E-state index contributed by atoms with van der Waals surface area (Å²) in [5, 5.41) is 5.42. The normalized spacial score (nSPS) is 15.6. The van der Waals surface area contributed by atoms with Crippen molar-refractivity contribution in [3.63, 3.8) is 0 Å². The summed E-state index contributed by atoms with van der Waals surface area (Å²) in [6.07, 6.45) is 1.67. The van der Waals surface area contributed by atoms with Gasteiger partial charge in [-0.05, 0) is 32.0 Å². The molecule has 0 saturated carbocycles. The van der Waals surface area contributed by atoms with E-state index in [-0.39, 0.29) is 18.5 Å². The van der Waals surface area contributed by atoms with Crippen LogP contribution in [0.15, 0.2) is 30.9 Å². The SMILES string of the molecule is C=CCN1C(=O)C(C)(C)COc2ccc(NC(=O)NCCOC)cc21. The summed E-state index contributed by atoms with van der Waals surface area (Å²) in [5.74, 6) is 0.555. The van der Waals surface area contributed by atoms with Crippen molar-refractivity contribution in [2.24, 2.45) is 5.41 Å². The molecule has 0 saturated heterocycles. The molecule has 0 bridgehead atoms. The monoisotopic (exact) mass is 347 g/mol. The second kappa shape index (κ2) is 8.02. The van der Waals surface area contributed by atoms with Crippen LogP contribution in [0, 0.1) is 5.41 Å². The minimum absolute atomic E-state index is 0.0483. The molecule has 2 rings (SSSR count). The highest BCUT2D eigenvalue weighted by atomic mass is 16.5. The highest BCUT2D eigenvalue weighted by Gasteiger charge is 2.37. The molecule has 25 heavy (non-hydrogen) atoms. The third-order valence-electron chi connectivity index (χ3n) is 3.82. The molecule has 1 aromatic carbocycles. The average molecular weight is 347 g/mol. The average Bonchev–Trinajstić information content (AvgIpc) is 2.66. The lowest BCUT2D eigenvalue weighted by atomic mass is 9.93. The zero-order valence-corrected chi connectivity index (χ0v) is 14.9. The van der Waals surface area contributed by atoms with Gasteiger partial charge in [-0.25, -0.2) is 4.79 Å². The minimum Gasteiger partial charge on any atom is -0.490 e. The van der Waals surface area contributed by atoms with Crippen LogP contribution in [0.5, 0.6) is 5.75 Å².